The number of carboxylic acid groups (broad SMARTS) is 1. The molecule has 5 nitrogen and oxygen atoms in total. The van der Waals surface area contributed by atoms with Crippen LogP contribution in [0, 0.1) is 0 Å². The monoisotopic (exact) mass is 229 g/mol. The number of likely N-dealkylation sites (N-methyl/N-ethyl adjacent to an activating group) is 1. The van der Waals surface area contributed by atoms with Crippen molar-refractivity contribution in [3.63, 3.8) is 0 Å². The predicted octanol–water partition coefficient (Wildman–Crippen LogP) is 0.877. The van der Waals surface area contributed by atoms with Crippen molar-refractivity contribution in [2.75, 3.05) is 13.7 Å². The summed E-state index contributed by atoms with van der Waals surface area (Å²) in [5.74, 6) is -1.21. The van der Waals surface area contributed by atoms with Crippen LogP contribution in [0.4, 0.5) is 0 Å². The Kier molecular flexibility index (Phi) is 3.91. The van der Waals surface area contributed by atoms with E-state index in [1.165, 1.54) is 11.9 Å². The summed E-state index contributed by atoms with van der Waals surface area (Å²) < 4.78 is 5.41. The number of aliphatic carboxylic acids is 1. The van der Waals surface area contributed by atoms with Crippen LogP contribution in [0.15, 0.2) is 0 Å². The van der Waals surface area contributed by atoms with Crippen LogP contribution in [0.1, 0.15) is 33.1 Å². The van der Waals surface area contributed by atoms with Crippen LogP contribution in [0.5, 0.6) is 0 Å². The van der Waals surface area contributed by atoms with Gasteiger partial charge in [0.1, 0.15) is 11.6 Å². The summed E-state index contributed by atoms with van der Waals surface area (Å²) in [5.41, 5.74) is -0.836. The van der Waals surface area contributed by atoms with Gasteiger partial charge in [0, 0.05) is 13.7 Å². The van der Waals surface area contributed by atoms with Crippen LogP contribution in [-0.4, -0.2) is 47.2 Å². The van der Waals surface area contributed by atoms with Gasteiger partial charge in [-0.25, -0.2) is 4.79 Å². The number of carboxylic acids is 1. The Morgan fingerprint density at radius 2 is 2.19 bits per heavy atom. The molecule has 1 heterocycles. The SMILES string of the molecule is CCC(C(=O)O)N(C)C(=O)C1(C)CCCO1. The van der Waals surface area contributed by atoms with Crippen molar-refractivity contribution in [1.29, 1.82) is 0 Å². The topological polar surface area (TPSA) is 66.8 Å². The minimum absolute atomic E-state index is 0.237. The van der Waals surface area contributed by atoms with Gasteiger partial charge in [-0.2, -0.15) is 0 Å². The molecule has 0 aromatic heterocycles. The number of amides is 1. The molecule has 1 fully saturated rings. The van der Waals surface area contributed by atoms with E-state index in [2.05, 4.69) is 0 Å². The first kappa shape index (κ1) is 13.0. The molecule has 2 atom stereocenters. The lowest BCUT2D eigenvalue weighted by molar-refractivity contribution is -0.159. The average Bonchev–Trinajstić information content (AvgIpc) is 2.65. The van der Waals surface area contributed by atoms with Crippen molar-refractivity contribution in [2.45, 2.75) is 44.8 Å². The predicted molar refractivity (Wildman–Crippen MR) is 58.1 cm³/mol. The first-order valence-electron chi connectivity index (χ1n) is 5.56. The molecule has 16 heavy (non-hydrogen) atoms. The van der Waals surface area contributed by atoms with Gasteiger partial charge in [-0.05, 0) is 26.2 Å². The largest absolute Gasteiger partial charge is 0.480 e. The fourth-order valence-electron chi connectivity index (χ4n) is 2.08. The highest BCUT2D eigenvalue weighted by Crippen LogP contribution is 2.27. The van der Waals surface area contributed by atoms with Crippen molar-refractivity contribution in [3.05, 3.63) is 0 Å². The van der Waals surface area contributed by atoms with Crippen molar-refractivity contribution < 1.29 is 19.4 Å². The minimum atomic E-state index is -0.972. The molecule has 0 radical (unpaired) electrons. The number of hydrogen-bond acceptors (Lipinski definition) is 3. The third-order valence-electron chi connectivity index (χ3n) is 3.13. The third-order valence-corrected chi connectivity index (χ3v) is 3.13. The van der Waals surface area contributed by atoms with Crippen molar-refractivity contribution >= 4 is 11.9 Å². The second kappa shape index (κ2) is 4.82. The number of ether oxygens (including phenoxy) is 1. The highest BCUT2D eigenvalue weighted by atomic mass is 16.5. The van der Waals surface area contributed by atoms with E-state index in [0.29, 0.717) is 19.4 Å². The van der Waals surface area contributed by atoms with Gasteiger partial charge in [0.25, 0.3) is 5.91 Å². The van der Waals surface area contributed by atoms with E-state index in [1.807, 2.05) is 0 Å². The van der Waals surface area contributed by atoms with Crippen molar-refractivity contribution in [3.8, 4) is 0 Å². The molecular weight excluding hydrogens is 210 g/mol. The van der Waals surface area contributed by atoms with Gasteiger partial charge in [0.2, 0.25) is 0 Å². The Hall–Kier alpha value is -1.10. The van der Waals surface area contributed by atoms with Gasteiger partial charge in [-0.3, -0.25) is 4.79 Å². The first-order chi connectivity index (χ1) is 7.42. The maximum absolute atomic E-state index is 12.1. The first-order valence-corrected chi connectivity index (χ1v) is 5.56. The van der Waals surface area contributed by atoms with Crippen LogP contribution >= 0.6 is 0 Å². The van der Waals surface area contributed by atoms with Gasteiger partial charge in [-0.1, -0.05) is 6.92 Å². The Bertz CT molecular complexity index is 284. The molecule has 0 bridgehead atoms. The number of carbonyl (C=O) groups excluding carboxylic acids is 1. The van der Waals surface area contributed by atoms with Gasteiger partial charge in [-0.15, -0.1) is 0 Å². The third kappa shape index (κ3) is 2.35. The Morgan fingerprint density at radius 1 is 1.56 bits per heavy atom. The van der Waals surface area contributed by atoms with Gasteiger partial charge < -0.3 is 14.7 Å². The lowest BCUT2D eigenvalue weighted by Crippen LogP contribution is -2.51. The van der Waals surface area contributed by atoms with E-state index in [9.17, 15) is 9.59 Å². The molecule has 2 unspecified atom stereocenters. The molecule has 1 aliphatic heterocycles. The molecule has 92 valence electrons. The van der Waals surface area contributed by atoms with E-state index in [0.717, 1.165) is 6.42 Å². The lowest BCUT2D eigenvalue weighted by atomic mass is 10.00. The Morgan fingerprint density at radius 3 is 2.56 bits per heavy atom. The number of rotatable bonds is 4. The zero-order valence-corrected chi connectivity index (χ0v) is 10.0. The van der Waals surface area contributed by atoms with E-state index in [4.69, 9.17) is 9.84 Å². The lowest BCUT2D eigenvalue weighted by Gasteiger charge is -2.31. The van der Waals surface area contributed by atoms with Crippen LogP contribution < -0.4 is 0 Å². The molecule has 0 spiro atoms. The zero-order valence-electron chi connectivity index (χ0n) is 10.0. The molecule has 1 amide bonds. The van der Waals surface area contributed by atoms with Gasteiger partial charge in [0.05, 0.1) is 0 Å². The van der Waals surface area contributed by atoms with Crippen LogP contribution in [-0.2, 0) is 14.3 Å². The molecule has 1 aliphatic rings. The zero-order chi connectivity index (χ0) is 12.3. The minimum Gasteiger partial charge on any atom is -0.480 e. The Balaban J connectivity index is 2.76. The van der Waals surface area contributed by atoms with Gasteiger partial charge >= 0.3 is 5.97 Å². The summed E-state index contributed by atoms with van der Waals surface area (Å²) in [6.07, 6.45) is 1.90. The summed E-state index contributed by atoms with van der Waals surface area (Å²) in [7, 11) is 1.53. The molecule has 5 heteroatoms. The van der Waals surface area contributed by atoms with Gasteiger partial charge in [0.15, 0.2) is 0 Å². The maximum atomic E-state index is 12.1. The van der Waals surface area contributed by atoms with E-state index >= 15 is 0 Å². The highest BCUT2D eigenvalue weighted by molar-refractivity contribution is 5.89. The van der Waals surface area contributed by atoms with Crippen LogP contribution in [0.3, 0.4) is 0 Å². The summed E-state index contributed by atoms with van der Waals surface area (Å²) in [4.78, 5) is 24.4. The fourth-order valence-corrected chi connectivity index (χ4v) is 2.08. The second-order valence-corrected chi connectivity index (χ2v) is 4.36. The van der Waals surface area contributed by atoms with Crippen LogP contribution in [0.25, 0.3) is 0 Å². The van der Waals surface area contributed by atoms with Crippen molar-refractivity contribution in [1.82, 2.24) is 4.90 Å². The molecule has 1 N–H and O–H groups in total. The molecule has 1 saturated heterocycles. The van der Waals surface area contributed by atoms with E-state index in [-0.39, 0.29) is 5.91 Å². The van der Waals surface area contributed by atoms with E-state index in [1.54, 1.807) is 13.8 Å². The molecule has 0 aromatic carbocycles. The summed E-state index contributed by atoms with van der Waals surface area (Å²) in [6.45, 7) is 4.05. The highest BCUT2D eigenvalue weighted by Gasteiger charge is 2.42. The molecular formula is C11H19NO4. The van der Waals surface area contributed by atoms with E-state index < -0.39 is 17.6 Å². The summed E-state index contributed by atoms with van der Waals surface area (Å²) in [5, 5.41) is 8.98. The Labute approximate surface area is 95.4 Å². The number of nitrogens with zero attached hydrogens (tertiary/aromatic N) is 1. The smallest absolute Gasteiger partial charge is 0.326 e. The second-order valence-electron chi connectivity index (χ2n) is 4.36. The molecule has 1 rings (SSSR count). The summed E-state index contributed by atoms with van der Waals surface area (Å²) >= 11 is 0. The fraction of sp³-hybridized carbons (Fsp3) is 0.818. The quantitative estimate of drug-likeness (QED) is 0.777. The number of carbonyl (C=O) groups is 2. The normalized spacial score (nSPS) is 26.4. The molecule has 0 aromatic rings. The standard InChI is InChI=1S/C11H19NO4/c1-4-8(9(13)14)12(3)10(15)11(2)6-5-7-16-11/h8H,4-7H2,1-3H3,(H,13,14). The maximum Gasteiger partial charge on any atom is 0.326 e. The average molecular weight is 229 g/mol. The molecule has 0 aliphatic carbocycles. The summed E-state index contributed by atoms with van der Waals surface area (Å²) in [6, 6.07) is -0.770. The number of hydrogen-bond donors (Lipinski definition) is 1. The van der Waals surface area contributed by atoms with Crippen molar-refractivity contribution in [2.24, 2.45) is 0 Å². The van der Waals surface area contributed by atoms with Crippen LogP contribution in [0.2, 0.25) is 0 Å². The molecule has 0 saturated carbocycles.